The molecule has 1 aromatic rings. The number of sulfonamides is 1. The minimum absolute atomic E-state index is 0.237. The lowest BCUT2D eigenvalue weighted by Crippen LogP contribution is -2.47. The number of hydrogen-bond donors (Lipinski definition) is 1. The van der Waals surface area contributed by atoms with E-state index in [1.165, 1.54) is 4.31 Å². The Balaban J connectivity index is 2.47. The first-order valence-corrected chi connectivity index (χ1v) is 8.08. The molecule has 0 saturated carbocycles. The van der Waals surface area contributed by atoms with Crippen molar-refractivity contribution in [3.63, 3.8) is 0 Å². The molecule has 1 fully saturated rings. The summed E-state index contributed by atoms with van der Waals surface area (Å²) in [6, 6.07) is 6.79. The predicted octanol–water partition coefficient (Wildman–Crippen LogP) is 2.09. The second kappa shape index (κ2) is 4.98. The first kappa shape index (κ1) is 15.2. The third-order valence-corrected chi connectivity index (χ3v) is 6.02. The number of rotatable bonds is 2. The molecular weight excluding hydrogens is 274 g/mol. The lowest BCUT2D eigenvalue weighted by Gasteiger charge is -2.32. The van der Waals surface area contributed by atoms with Crippen LogP contribution in [0.2, 0.25) is 0 Å². The maximum atomic E-state index is 12.8. The van der Waals surface area contributed by atoms with E-state index in [0.717, 1.165) is 11.1 Å². The molecule has 2 rings (SSSR count). The van der Waals surface area contributed by atoms with Crippen molar-refractivity contribution in [1.29, 1.82) is 0 Å². The van der Waals surface area contributed by atoms with Crippen LogP contribution >= 0.6 is 0 Å². The minimum Gasteiger partial charge on any atom is -0.387 e. The van der Waals surface area contributed by atoms with Gasteiger partial charge in [0.1, 0.15) is 0 Å². The summed E-state index contributed by atoms with van der Waals surface area (Å²) in [6.45, 7) is 7.47. The summed E-state index contributed by atoms with van der Waals surface area (Å²) < 4.78 is 26.9. The number of allylic oxidation sites excluding steroid dienone is 1. The van der Waals surface area contributed by atoms with Crippen molar-refractivity contribution in [2.24, 2.45) is 0 Å². The average molecular weight is 295 g/mol. The minimum atomic E-state index is -3.61. The molecule has 1 aromatic carbocycles. The molecule has 0 unspecified atom stereocenters. The predicted molar refractivity (Wildman–Crippen MR) is 78.9 cm³/mol. The van der Waals surface area contributed by atoms with Crippen LogP contribution in [0, 0.1) is 6.92 Å². The Bertz CT molecular complexity index is 630. The van der Waals surface area contributed by atoms with Crippen LogP contribution in [0.3, 0.4) is 0 Å². The van der Waals surface area contributed by atoms with Gasteiger partial charge in [0.15, 0.2) is 0 Å². The second-order valence-electron chi connectivity index (χ2n) is 5.74. The Labute approximate surface area is 120 Å². The lowest BCUT2D eigenvalue weighted by atomic mass is 9.97. The molecule has 1 N–H and O–H groups in total. The molecule has 4 nitrogen and oxygen atoms in total. The number of aliphatic hydroxyl groups excluding tert-OH is 1. The summed E-state index contributed by atoms with van der Waals surface area (Å²) in [6.07, 6.45) is 1.02. The highest BCUT2D eigenvalue weighted by atomic mass is 32.2. The second-order valence-corrected chi connectivity index (χ2v) is 7.61. The highest BCUT2D eigenvalue weighted by Crippen LogP contribution is 2.37. The van der Waals surface area contributed by atoms with Crippen LogP contribution in [0.5, 0.6) is 0 Å². The molecule has 0 bridgehead atoms. The molecule has 1 heterocycles. The highest BCUT2D eigenvalue weighted by molar-refractivity contribution is 7.89. The van der Waals surface area contributed by atoms with E-state index in [0.29, 0.717) is 0 Å². The summed E-state index contributed by atoms with van der Waals surface area (Å²) in [5, 5.41) is 10.3. The van der Waals surface area contributed by atoms with Gasteiger partial charge in [-0.25, -0.2) is 8.42 Å². The molecule has 0 spiro atoms. The Morgan fingerprint density at radius 1 is 1.30 bits per heavy atom. The van der Waals surface area contributed by atoms with Gasteiger partial charge in [0.2, 0.25) is 10.0 Å². The summed E-state index contributed by atoms with van der Waals surface area (Å²) >= 11 is 0. The molecule has 110 valence electrons. The topological polar surface area (TPSA) is 57.6 Å². The number of benzene rings is 1. The van der Waals surface area contributed by atoms with Gasteiger partial charge in [-0.15, -0.1) is 0 Å². The van der Waals surface area contributed by atoms with E-state index in [2.05, 4.69) is 0 Å². The molecule has 1 aliphatic rings. The van der Waals surface area contributed by atoms with E-state index in [1.807, 2.05) is 13.8 Å². The largest absolute Gasteiger partial charge is 0.387 e. The van der Waals surface area contributed by atoms with Gasteiger partial charge < -0.3 is 5.11 Å². The van der Waals surface area contributed by atoms with Crippen molar-refractivity contribution in [3.8, 4) is 0 Å². The number of aliphatic hydroxyl groups is 1. The SMILES string of the molecule is C/C=C1/CN(S(=O)(=O)c2ccc(C)cc2)C(C)(C)[C@@H]1O. The van der Waals surface area contributed by atoms with Crippen LogP contribution in [0.25, 0.3) is 0 Å². The van der Waals surface area contributed by atoms with Gasteiger partial charge in [-0.1, -0.05) is 23.8 Å². The van der Waals surface area contributed by atoms with Gasteiger partial charge in [-0.05, 0) is 45.4 Å². The number of aryl methyl sites for hydroxylation is 1. The van der Waals surface area contributed by atoms with Crippen LogP contribution in [0.4, 0.5) is 0 Å². The Morgan fingerprint density at radius 2 is 1.85 bits per heavy atom. The fourth-order valence-corrected chi connectivity index (χ4v) is 4.30. The summed E-state index contributed by atoms with van der Waals surface area (Å²) in [7, 11) is -3.61. The first-order chi connectivity index (χ1) is 9.21. The first-order valence-electron chi connectivity index (χ1n) is 6.64. The average Bonchev–Trinajstić information content (AvgIpc) is 2.62. The third-order valence-electron chi connectivity index (χ3n) is 3.97. The van der Waals surface area contributed by atoms with Gasteiger partial charge in [0, 0.05) is 6.54 Å². The van der Waals surface area contributed by atoms with E-state index >= 15 is 0 Å². The van der Waals surface area contributed by atoms with Gasteiger partial charge in [-0.2, -0.15) is 4.31 Å². The van der Waals surface area contributed by atoms with E-state index in [1.54, 1.807) is 44.2 Å². The molecule has 20 heavy (non-hydrogen) atoms. The molecule has 0 aromatic heterocycles. The van der Waals surface area contributed by atoms with Crippen molar-refractivity contribution in [2.45, 2.75) is 44.2 Å². The van der Waals surface area contributed by atoms with Gasteiger partial charge in [-0.3, -0.25) is 0 Å². The monoisotopic (exact) mass is 295 g/mol. The van der Waals surface area contributed by atoms with Crippen molar-refractivity contribution in [2.75, 3.05) is 6.54 Å². The summed E-state index contributed by atoms with van der Waals surface area (Å²) in [5.41, 5.74) is 0.912. The van der Waals surface area contributed by atoms with Gasteiger partial charge >= 0.3 is 0 Å². The molecule has 1 saturated heterocycles. The molecule has 0 radical (unpaired) electrons. The molecule has 5 heteroatoms. The molecule has 0 amide bonds. The summed E-state index contributed by atoms with van der Waals surface area (Å²) in [4.78, 5) is 0.265. The normalized spacial score (nSPS) is 25.2. The molecule has 0 aliphatic carbocycles. The van der Waals surface area contributed by atoms with E-state index in [4.69, 9.17) is 0 Å². The smallest absolute Gasteiger partial charge is 0.243 e. The van der Waals surface area contributed by atoms with Crippen LogP contribution in [0.1, 0.15) is 26.3 Å². The zero-order valence-corrected chi connectivity index (χ0v) is 13.1. The van der Waals surface area contributed by atoms with E-state index < -0.39 is 21.7 Å². The number of hydrogen-bond acceptors (Lipinski definition) is 3. The Hall–Kier alpha value is -1.17. The van der Waals surface area contributed by atoms with Crippen LogP contribution in [-0.2, 0) is 10.0 Å². The van der Waals surface area contributed by atoms with Crippen LogP contribution < -0.4 is 0 Å². The zero-order valence-electron chi connectivity index (χ0n) is 12.3. The van der Waals surface area contributed by atoms with Crippen molar-refractivity contribution < 1.29 is 13.5 Å². The van der Waals surface area contributed by atoms with Gasteiger partial charge in [0.25, 0.3) is 0 Å². The van der Waals surface area contributed by atoms with Crippen molar-refractivity contribution in [1.82, 2.24) is 4.31 Å². The van der Waals surface area contributed by atoms with Crippen LogP contribution in [0.15, 0.2) is 40.8 Å². The van der Waals surface area contributed by atoms with Gasteiger partial charge in [0.05, 0.1) is 16.5 Å². The third kappa shape index (κ3) is 2.30. The lowest BCUT2D eigenvalue weighted by molar-refractivity contribution is 0.106. The quantitative estimate of drug-likeness (QED) is 0.850. The fraction of sp³-hybridized carbons (Fsp3) is 0.467. The maximum Gasteiger partial charge on any atom is 0.243 e. The number of nitrogens with zero attached hydrogens (tertiary/aromatic N) is 1. The van der Waals surface area contributed by atoms with Crippen molar-refractivity contribution in [3.05, 3.63) is 41.5 Å². The molecule has 1 atom stereocenters. The van der Waals surface area contributed by atoms with E-state index in [9.17, 15) is 13.5 Å². The Morgan fingerprint density at radius 3 is 2.30 bits per heavy atom. The zero-order chi connectivity index (χ0) is 15.1. The highest BCUT2D eigenvalue weighted by Gasteiger charge is 2.49. The molecular formula is C15H21NO3S. The maximum absolute atomic E-state index is 12.8. The summed E-state index contributed by atoms with van der Waals surface area (Å²) in [5.74, 6) is 0. The standard InChI is InChI=1S/C15H21NO3S/c1-5-12-10-16(15(3,4)14(12)17)20(18,19)13-8-6-11(2)7-9-13/h5-9,14,17H,10H2,1-4H3/b12-5-/t14-/m1/s1. The molecule has 1 aliphatic heterocycles. The fourth-order valence-electron chi connectivity index (χ4n) is 2.53. The van der Waals surface area contributed by atoms with Crippen LogP contribution in [-0.4, -0.2) is 36.0 Å². The Kier molecular flexibility index (Phi) is 3.79. The van der Waals surface area contributed by atoms with E-state index in [-0.39, 0.29) is 11.4 Å². The van der Waals surface area contributed by atoms with Crippen molar-refractivity contribution >= 4 is 10.0 Å².